The third-order valence-corrected chi connectivity index (χ3v) is 3.12. The zero-order valence-corrected chi connectivity index (χ0v) is 10.8. The van der Waals surface area contributed by atoms with Gasteiger partial charge in [-0.05, 0) is 13.3 Å². The molecule has 1 fully saturated rings. The van der Waals surface area contributed by atoms with Gasteiger partial charge in [0.2, 0.25) is 5.91 Å². The van der Waals surface area contributed by atoms with Gasteiger partial charge in [-0.1, -0.05) is 0 Å². The molecule has 1 aliphatic rings. The van der Waals surface area contributed by atoms with Gasteiger partial charge >= 0.3 is 12.0 Å². The van der Waals surface area contributed by atoms with E-state index in [1.54, 1.807) is 6.92 Å². The number of amides is 3. The Kier molecular flexibility index (Phi) is 5.11. The molecule has 0 aliphatic carbocycles. The fourth-order valence-corrected chi connectivity index (χ4v) is 2.10. The number of primary amides is 1. The number of aliphatic hydroxyl groups excluding tert-OH is 1. The van der Waals surface area contributed by atoms with Crippen LogP contribution in [-0.4, -0.2) is 70.2 Å². The van der Waals surface area contributed by atoms with Gasteiger partial charge in [0.1, 0.15) is 13.1 Å². The minimum absolute atomic E-state index is 0.0239. The molecule has 1 saturated heterocycles. The summed E-state index contributed by atoms with van der Waals surface area (Å²) in [5, 5.41) is 18.2. The topological polar surface area (TPSA) is 124 Å². The van der Waals surface area contributed by atoms with Crippen molar-refractivity contribution in [2.45, 2.75) is 19.4 Å². The van der Waals surface area contributed by atoms with Crippen LogP contribution in [0.25, 0.3) is 0 Å². The van der Waals surface area contributed by atoms with Gasteiger partial charge in [-0.25, -0.2) is 4.79 Å². The molecule has 108 valence electrons. The highest BCUT2D eigenvalue weighted by Gasteiger charge is 2.32. The molecule has 8 nitrogen and oxygen atoms in total. The minimum Gasteiger partial charge on any atom is -0.480 e. The smallest absolute Gasteiger partial charge is 0.323 e. The van der Waals surface area contributed by atoms with Crippen LogP contribution in [-0.2, 0) is 9.59 Å². The molecule has 0 spiro atoms. The van der Waals surface area contributed by atoms with E-state index in [9.17, 15) is 19.5 Å². The molecule has 2 atom stereocenters. The van der Waals surface area contributed by atoms with Crippen molar-refractivity contribution in [3.8, 4) is 0 Å². The van der Waals surface area contributed by atoms with Gasteiger partial charge in [-0.3, -0.25) is 9.59 Å². The van der Waals surface area contributed by atoms with Crippen molar-refractivity contribution in [1.82, 2.24) is 9.80 Å². The van der Waals surface area contributed by atoms with Crippen LogP contribution in [0.5, 0.6) is 0 Å². The van der Waals surface area contributed by atoms with Gasteiger partial charge < -0.3 is 25.7 Å². The van der Waals surface area contributed by atoms with Crippen molar-refractivity contribution in [2.75, 3.05) is 26.2 Å². The van der Waals surface area contributed by atoms with E-state index >= 15 is 0 Å². The van der Waals surface area contributed by atoms with Gasteiger partial charge in [0.25, 0.3) is 0 Å². The number of carbonyl (C=O) groups excluding carboxylic acids is 2. The number of carbonyl (C=O) groups is 3. The molecule has 0 aromatic carbocycles. The molecule has 1 aliphatic heterocycles. The SMILES string of the molecule is CC(O)C1CCN(C(=O)N(CC(N)=O)CC(=O)O)C1. The van der Waals surface area contributed by atoms with E-state index in [4.69, 9.17) is 10.8 Å². The number of nitrogens with two attached hydrogens (primary N) is 1. The first kappa shape index (κ1) is 15.2. The number of aliphatic hydroxyl groups is 1. The Morgan fingerprint density at radius 3 is 2.47 bits per heavy atom. The highest BCUT2D eigenvalue weighted by Crippen LogP contribution is 2.20. The zero-order chi connectivity index (χ0) is 14.6. The summed E-state index contributed by atoms with van der Waals surface area (Å²) >= 11 is 0. The number of nitrogens with zero attached hydrogens (tertiary/aromatic N) is 2. The summed E-state index contributed by atoms with van der Waals surface area (Å²) in [5.41, 5.74) is 5.00. The van der Waals surface area contributed by atoms with Crippen molar-refractivity contribution in [1.29, 1.82) is 0 Å². The van der Waals surface area contributed by atoms with Gasteiger partial charge in [0, 0.05) is 19.0 Å². The second kappa shape index (κ2) is 6.37. The number of hydrogen-bond donors (Lipinski definition) is 3. The predicted molar refractivity (Wildman–Crippen MR) is 65.2 cm³/mol. The molecule has 3 amide bonds. The maximum atomic E-state index is 12.1. The molecule has 1 heterocycles. The number of aliphatic carboxylic acids is 1. The number of urea groups is 1. The second-order valence-electron chi connectivity index (χ2n) is 4.73. The van der Waals surface area contributed by atoms with Gasteiger partial charge in [0.15, 0.2) is 0 Å². The van der Waals surface area contributed by atoms with Crippen molar-refractivity contribution in [3.63, 3.8) is 0 Å². The molecule has 1 rings (SSSR count). The number of carboxylic acids is 1. The molecule has 2 unspecified atom stereocenters. The average Bonchev–Trinajstić information content (AvgIpc) is 2.75. The van der Waals surface area contributed by atoms with Crippen LogP contribution in [0.4, 0.5) is 4.79 Å². The van der Waals surface area contributed by atoms with Gasteiger partial charge in [0.05, 0.1) is 6.10 Å². The monoisotopic (exact) mass is 273 g/mol. The molecule has 0 aromatic rings. The molecule has 4 N–H and O–H groups in total. The summed E-state index contributed by atoms with van der Waals surface area (Å²) in [6.07, 6.45) is 0.128. The number of hydrogen-bond acceptors (Lipinski definition) is 4. The largest absolute Gasteiger partial charge is 0.480 e. The molecule has 0 radical (unpaired) electrons. The molecule has 0 saturated carbocycles. The summed E-state index contributed by atoms with van der Waals surface area (Å²) in [6, 6.07) is -0.538. The average molecular weight is 273 g/mol. The molecule has 0 bridgehead atoms. The standard InChI is InChI=1S/C11H19N3O5/c1-7(15)8-2-3-13(4-8)11(19)14(5-9(12)16)6-10(17)18/h7-8,15H,2-6H2,1H3,(H2,12,16)(H,17,18). The fourth-order valence-electron chi connectivity index (χ4n) is 2.10. The molecular formula is C11H19N3O5. The first-order valence-corrected chi connectivity index (χ1v) is 6.03. The zero-order valence-electron chi connectivity index (χ0n) is 10.8. The van der Waals surface area contributed by atoms with Crippen LogP contribution < -0.4 is 5.73 Å². The Labute approximate surface area is 110 Å². The van der Waals surface area contributed by atoms with Crippen molar-refractivity contribution in [3.05, 3.63) is 0 Å². The Hall–Kier alpha value is -1.83. The van der Waals surface area contributed by atoms with E-state index in [1.165, 1.54) is 4.90 Å². The van der Waals surface area contributed by atoms with Gasteiger partial charge in [-0.2, -0.15) is 0 Å². The first-order valence-electron chi connectivity index (χ1n) is 6.03. The van der Waals surface area contributed by atoms with Crippen LogP contribution in [0.3, 0.4) is 0 Å². The third kappa shape index (κ3) is 4.40. The van der Waals surface area contributed by atoms with Crippen molar-refractivity contribution in [2.24, 2.45) is 11.7 Å². The van der Waals surface area contributed by atoms with Crippen LogP contribution >= 0.6 is 0 Å². The minimum atomic E-state index is -1.21. The van der Waals surface area contributed by atoms with E-state index in [1.807, 2.05) is 0 Å². The molecular weight excluding hydrogens is 254 g/mol. The highest BCUT2D eigenvalue weighted by molar-refractivity contribution is 5.86. The lowest BCUT2D eigenvalue weighted by molar-refractivity contribution is -0.138. The lowest BCUT2D eigenvalue weighted by atomic mass is 10.0. The Bertz CT molecular complexity index is 355. The van der Waals surface area contributed by atoms with Crippen molar-refractivity contribution < 1.29 is 24.6 Å². The lowest BCUT2D eigenvalue weighted by Gasteiger charge is -2.26. The molecule has 0 aromatic heterocycles. The van der Waals surface area contributed by atoms with Gasteiger partial charge in [-0.15, -0.1) is 0 Å². The third-order valence-electron chi connectivity index (χ3n) is 3.12. The number of carboxylic acid groups (broad SMARTS) is 1. The maximum absolute atomic E-state index is 12.1. The summed E-state index contributed by atoms with van der Waals surface area (Å²) in [4.78, 5) is 36.0. The molecule has 8 heteroatoms. The first-order chi connectivity index (χ1) is 8.81. The van der Waals surface area contributed by atoms with Crippen LogP contribution in [0.15, 0.2) is 0 Å². The molecule has 19 heavy (non-hydrogen) atoms. The highest BCUT2D eigenvalue weighted by atomic mass is 16.4. The lowest BCUT2D eigenvalue weighted by Crippen LogP contribution is -2.48. The summed E-state index contributed by atoms with van der Waals surface area (Å²) in [6.45, 7) is 1.43. The van der Waals surface area contributed by atoms with Crippen LogP contribution in [0.1, 0.15) is 13.3 Å². The predicted octanol–water partition coefficient (Wildman–Crippen LogP) is -1.32. The van der Waals surface area contributed by atoms with Crippen molar-refractivity contribution >= 4 is 17.9 Å². The van der Waals surface area contributed by atoms with E-state index in [2.05, 4.69) is 0 Å². The maximum Gasteiger partial charge on any atom is 0.323 e. The summed E-state index contributed by atoms with van der Waals surface area (Å²) in [7, 11) is 0. The number of likely N-dealkylation sites (tertiary alicyclic amines) is 1. The summed E-state index contributed by atoms with van der Waals surface area (Å²) < 4.78 is 0. The quantitative estimate of drug-likeness (QED) is 0.573. The Morgan fingerprint density at radius 1 is 1.42 bits per heavy atom. The van der Waals surface area contributed by atoms with E-state index in [0.29, 0.717) is 19.5 Å². The summed E-state index contributed by atoms with van der Waals surface area (Å²) in [5.74, 6) is -1.99. The van der Waals surface area contributed by atoms with E-state index < -0.39 is 37.1 Å². The Morgan fingerprint density at radius 2 is 2.05 bits per heavy atom. The normalized spacial score (nSPS) is 20.1. The van der Waals surface area contributed by atoms with E-state index in [-0.39, 0.29) is 5.92 Å². The van der Waals surface area contributed by atoms with E-state index in [0.717, 1.165) is 4.90 Å². The Balaban J connectivity index is 2.66. The van der Waals surface area contributed by atoms with Crippen LogP contribution in [0.2, 0.25) is 0 Å². The fraction of sp³-hybridized carbons (Fsp3) is 0.727. The van der Waals surface area contributed by atoms with Crippen LogP contribution in [0, 0.1) is 5.92 Å². The number of rotatable bonds is 5. The second-order valence-corrected chi connectivity index (χ2v) is 4.73.